The second-order valence-corrected chi connectivity index (χ2v) is 2.65. The highest BCUT2D eigenvalue weighted by molar-refractivity contribution is 5.20. The normalized spacial score (nSPS) is 16.9. The third-order valence-corrected chi connectivity index (χ3v) is 1.50. The number of hydrogen-bond donors (Lipinski definition) is 0. The Hall–Kier alpha value is -0.950. The molecule has 0 radical (unpaired) electrons. The van der Waals surface area contributed by atoms with E-state index in [2.05, 4.69) is 0 Å². The Labute approximate surface area is 73.8 Å². The monoisotopic (exact) mass is 223 g/mol. The minimum Gasteiger partial charge on any atom is -0.344 e. The van der Waals surface area contributed by atoms with Crippen LogP contribution in [-0.2, 0) is 0 Å². The smallest absolute Gasteiger partial charge is 0.344 e. The lowest BCUT2D eigenvalue weighted by atomic mass is 10.2. The summed E-state index contributed by atoms with van der Waals surface area (Å²) < 4.78 is 83.5. The highest BCUT2D eigenvalue weighted by atomic mass is 19.4. The van der Waals surface area contributed by atoms with Gasteiger partial charge in [-0.25, -0.2) is 0 Å². The van der Waals surface area contributed by atoms with Crippen LogP contribution >= 0.6 is 0 Å². The number of allylic oxidation sites excluding steroid dienone is 1. The Morgan fingerprint density at radius 2 is 1.21 bits per heavy atom. The molecule has 1 nitrogen and oxygen atoms in total. The molecular formula is C6H4F7N. The van der Waals surface area contributed by atoms with Gasteiger partial charge in [-0.15, -0.1) is 0 Å². The van der Waals surface area contributed by atoms with Gasteiger partial charge in [0.1, 0.15) is 0 Å². The van der Waals surface area contributed by atoms with Crippen LogP contribution in [0.25, 0.3) is 0 Å². The van der Waals surface area contributed by atoms with Gasteiger partial charge in [0.2, 0.25) is 5.95 Å². The van der Waals surface area contributed by atoms with E-state index in [0.717, 1.165) is 0 Å². The average Bonchev–Trinajstić information content (AvgIpc) is 2.57. The van der Waals surface area contributed by atoms with Crippen LogP contribution in [0.15, 0.2) is 11.5 Å². The summed E-state index contributed by atoms with van der Waals surface area (Å²) in [6, 6.07) is 0. The summed E-state index contributed by atoms with van der Waals surface area (Å²) >= 11 is 0. The molecule has 0 amide bonds. The number of nitrogens with zero attached hydrogens (tertiary/aromatic N) is 1. The summed E-state index contributed by atoms with van der Waals surface area (Å²) in [4.78, 5) is 0.357. The fourth-order valence-corrected chi connectivity index (χ4v) is 0.799. The predicted octanol–water partition coefficient (Wildman–Crippen LogP) is 2.61. The molecule has 1 fully saturated rings. The molecule has 1 rings (SSSR count). The summed E-state index contributed by atoms with van der Waals surface area (Å²) in [6.45, 7) is -0.247. The first kappa shape index (κ1) is 11.1. The molecule has 0 atom stereocenters. The first-order chi connectivity index (χ1) is 6.14. The van der Waals surface area contributed by atoms with E-state index >= 15 is 0 Å². The van der Waals surface area contributed by atoms with Gasteiger partial charge in [-0.1, -0.05) is 0 Å². The minimum absolute atomic E-state index is 0.124. The maximum absolute atomic E-state index is 12.6. The molecule has 1 aliphatic heterocycles. The van der Waals surface area contributed by atoms with Crippen molar-refractivity contribution in [2.24, 2.45) is 0 Å². The molecule has 0 saturated carbocycles. The van der Waals surface area contributed by atoms with Crippen molar-refractivity contribution in [3.05, 3.63) is 11.5 Å². The molecule has 0 spiro atoms. The van der Waals surface area contributed by atoms with E-state index in [9.17, 15) is 30.7 Å². The molecule has 0 aromatic heterocycles. The minimum atomic E-state index is -5.72. The van der Waals surface area contributed by atoms with Crippen molar-refractivity contribution < 1.29 is 30.7 Å². The van der Waals surface area contributed by atoms with Gasteiger partial charge in [0.25, 0.3) is 0 Å². The van der Waals surface area contributed by atoms with Crippen molar-refractivity contribution in [3.63, 3.8) is 0 Å². The van der Waals surface area contributed by atoms with Crippen LogP contribution in [0.4, 0.5) is 30.7 Å². The SMILES string of the molecule is FC(=C(C(F)(F)F)C(F)(F)F)N1CC1. The van der Waals surface area contributed by atoms with Crippen LogP contribution in [-0.4, -0.2) is 30.3 Å². The Morgan fingerprint density at radius 1 is 0.857 bits per heavy atom. The Balaban J connectivity index is 3.10. The second kappa shape index (κ2) is 3.03. The maximum Gasteiger partial charge on any atom is 0.425 e. The van der Waals surface area contributed by atoms with E-state index in [1.807, 2.05) is 0 Å². The number of rotatable bonds is 1. The van der Waals surface area contributed by atoms with Crippen molar-refractivity contribution in [2.45, 2.75) is 12.4 Å². The van der Waals surface area contributed by atoms with E-state index in [1.165, 1.54) is 0 Å². The molecule has 82 valence electrons. The van der Waals surface area contributed by atoms with Crippen molar-refractivity contribution in [3.8, 4) is 0 Å². The maximum atomic E-state index is 12.6. The molecule has 0 N–H and O–H groups in total. The van der Waals surface area contributed by atoms with Gasteiger partial charge in [-0.3, -0.25) is 0 Å². The Bertz CT molecular complexity index is 240. The first-order valence-corrected chi connectivity index (χ1v) is 3.43. The van der Waals surface area contributed by atoms with Crippen LogP contribution < -0.4 is 0 Å². The van der Waals surface area contributed by atoms with Gasteiger partial charge >= 0.3 is 12.4 Å². The number of halogens is 7. The van der Waals surface area contributed by atoms with Crippen LogP contribution in [0, 0.1) is 0 Å². The lowest BCUT2D eigenvalue weighted by molar-refractivity contribution is -0.175. The summed E-state index contributed by atoms with van der Waals surface area (Å²) in [5, 5.41) is 0. The molecular weight excluding hydrogens is 219 g/mol. The largest absolute Gasteiger partial charge is 0.425 e. The van der Waals surface area contributed by atoms with Crippen LogP contribution in [0.5, 0.6) is 0 Å². The van der Waals surface area contributed by atoms with Gasteiger partial charge in [-0.05, 0) is 0 Å². The highest BCUT2D eigenvalue weighted by Crippen LogP contribution is 2.42. The van der Waals surface area contributed by atoms with Gasteiger partial charge in [-0.2, -0.15) is 30.7 Å². The van der Waals surface area contributed by atoms with Crippen molar-refractivity contribution >= 4 is 0 Å². The quantitative estimate of drug-likeness (QED) is 0.375. The lowest BCUT2D eigenvalue weighted by Gasteiger charge is -2.16. The molecule has 1 saturated heterocycles. The van der Waals surface area contributed by atoms with Gasteiger partial charge in [0.15, 0.2) is 5.57 Å². The second-order valence-electron chi connectivity index (χ2n) is 2.65. The topological polar surface area (TPSA) is 3.01 Å². The first-order valence-electron chi connectivity index (χ1n) is 3.43. The summed E-state index contributed by atoms with van der Waals surface area (Å²) in [5.74, 6) is -2.25. The zero-order valence-electron chi connectivity index (χ0n) is 6.51. The highest BCUT2D eigenvalue weighted by Gasteiger charge is 2.55. The molecule has 0 aromatic carbocycles. The third kappa shape index (κ3) is 2.30. The van der Waals surface area contributed by atoms with Gasteiger partial charge in [0.05, 0.1) is 0 Å². The van der Waals surface area contributed by atoms with Gasteiger partial charge in [0, 0.05) is 13.1 Å². The summed E-state index contributed by atoms with van der Waals surface area (Å²) in [5.41, 5.74) is -3.07. The van der Waals surface area contributed by atoms with Crippen LogP contribution in [0.2, 0.25) is 0 Å². The van der Waals surface area contributed by atoms with Crippen LogP contribution in [0.1, 0.15) is 0 Å². The molecule has 8 heteroatoms. The summed E-state index contributed by atoms with van der Waals surface area (Å²) in [6.07, 6.45) is -11.4. The zero-order valence-corrected chi connectivity index (χ0v) is 6.51. The average molecular weight is 223 g/mol. The van der Waals surface area contributed by atoms with Crippen molar-refractivity contribution in [1.29, 1.82) is 0 Å². The van der Waals surface area contributed by atoms with E-state index in [-0.39, 0.29) is 13.1 Å². The van der Waals surface area contributed by atoms with E-state index in [0.29, 0.717) is 4.90 Å². The third-order valence-electron chi connectivity index (χ3n) is 1.50. The van der Waals surface area contributed by atoms with Gasteiger partial charge < -0.3 is 4.90 Å². The van der Waals surface area contributed by atoms with E-state index in [4.69, 9.17) is 0 Å². The van der Waals surface area contributed by atoms with E-state index < -0.39 is 23.9 Å². The number of alkyl halides is 6. The molecule has 1 aliphatic rings. The lowest BCUT2D eigenvalue weighted by Crippen LogP contribution is -2.28. The van der Waals surface area contributed by atoms with E-state index in [1.54, 1.807) is 0 Å². The fourth-order valence-electron chi connectivity index (χ4n) is 0.799. The summed E-state index contributed by atoms with van der Waals surface area (Å²) in [7, 11) is 0. The molecule has 0 aromatic rings. The fraction of sp³-hybridized carbons (Fsp3) is 0.667. The molecule has 0 bridgehead atoms. The molecule has 1 heterocycles. The molecule has 0 unspecified atom stereocenters. The Morgan fingerprint density at radius 3 is 1.43 bits per heavy atom. The van der Waals surface area contributed by atoms with Crippen LogP contribution in [0.3, 0.4) is 0 Å². The van der Waals surface area contributed by atoms with Crippen molar-refractivity contribution in [2.75, 3.05) is 13.1 Å². The zero-order chi connectivity index (χ0) is 11.1. The molecule has 0 aliphatic carbocycles. The standard InChI is InChI=1S/C6H4F7N/c7-4(14-1-2-14)3(5(8,9)10)6(11,12)13/h1-2H2. The number of hydrogen-bond acceptors (Lipinski definition) is 1. The van der Waals surface area contributed by atoms with Crippen molar-refractivity contribution in [1.82, 2.24) is 4.90 Å². The predicted molar refractivity (Wildman–Crippen MR) is 31.8 cm³/mol. The molecule has 14 heavy (non-hydrogen) atoms. The Kier molecular flexibility index (Phi) is 2.41.